The molecule has 40 heavy (non-hydrogen) atoms. The third-order valence-corrected chi connectivity index (χ3v) is 6.59. The molecule has 14 heteroatoms. The Morgan fingerprint density at radius 2 is 1.15 bits per heavy atom. The molecule has 0 saturated carbocycles. The zero-order valence-electron chi connectivity index (χ0n) is 20.9. The van der Waals surface area contributed by atoms with Gasteiger partial charge in [0.15, 0.2) is 11.5 Å². The largest absolute Gasteiger partial charge is 0.508 e. The Hall–Kier alpha value is -3.02. The van der Waals surface area contributed by atoms with Gasteiger partial charge in [0.05, 0.1) is 13.2 Å². The van der Waals surface area contributed by atoms with Crippen molar-refractivity contribution in [2.24, 2.45) is 0 Å². The molecule has 2 fully saturated rings. The zero-order valence-corrected chi connectivity index (χ0v) is 20.9. The smallest absolute Gasteiger partial charge is 0.229 e. The van der Waals surface area contributed by atoms with Crippen molar-refractivity contribution >= 4 is 12.2 Å². The van der Waals surface area contributed by atoms with E-state index in [4.69, 9.17) is 18.9 Å². The Kier molecular flexibility index (Phi) is 9.48. The number of phenols is 2. The molecule has 14 nitrogen and oxygen atoms in total. The highest BCUT2D eigenvalue weighted by Crippen LogP contribution is 2.40. The third-order valence-electron chi connectivity index (χ3n) is 6.59. The molecule has 4 rings (SSSR count). The Bertz CT molecular complexity index is 1150. The van der Waals surface area contributed by atoms with Crippen molar-refractivity contribution in [2.45, 2.75) is 61.4 Å². The van der Waals surface area contributed by atoms with Gasteiger partial charge >= 0.3 is 0 Å². The van der Waals surface area contributed by atoms with Crippen LogP contribution in [0.1, 0.15) is 11.1 Å². The highest BCUT2D eigenvalue weighted by Gasteiger charge is 2.47. The summed E-state index contributed by atoms with van der Waals surface area (Å²) in [6.45, 7) is -1.44. The molecule has 0 amide bonds. The van der Waals surface area contributed by atoms with Gasteiger partial charge in [-0.15, -0.1) is 0 Å². The van der Waals surface area contributed by atoms with Crippen molar-refractivity contribution in [3.8, 4) is 23.0 Å². The monoisotopic (exact) mass is 568 g/mol. The molecular formula is C26H32O14. The van der Waals surface area contributed by atoms with Crippen LogP contribution >= 0.6 is 0 Å². The summed E-state index contributed by atoms with van der Waals surface area (Å²) in [6, 6.07) is 8.38. The fourth-order valence-corrected chi connectivity index (χ4v) is 4.29. The first-order valence-electron chi connectivity index (χ1n) is 12.3. The van der Waals surface area contributed by atoms with Crippen molar-refractivity contribution < 1.29 is 70.0 Å². The van der Waals surface area contributed by atoms with Gasteiger partial charge in [-0.3, -0.25) is 0 Å². The van der Waals surface area contributed by atoms with Crippen molar-refractivity contribution in [1.82, 2.24) is 0 Å². The number of aliphatic hydroxyl groups excluding tert-OH is 8. The first-order valence-corrected chi connectivity index (χ1v) is 12.3. The summed E-state index contributed by atoms with van der Waals surface area (Å²) in [6.07, 6.45) is -13.4. The van der Waals surface area contributed by atoms with Crippen LogP contribution in [0.4, 0.5) is 0 Å². The number of aromatic hydroxyl groups is 2. The average molecular weight is 569 g/mol. The van der Waals surface area contributed by atoms with Gasteiger partial charge in [-0.05, 0) is 23.8 Å². The number of aliphatic hydroxyl groups is 8. The molecule has 2 aromatic rings. The molecule has 220 valence electrons. The lowest BCUT2D eigenvalue weighted by Crippen LogP contribution is -2.60. The molecule has 0 bridgehead atoms. The van der Waals surface area contributed by atoms with Gasteiger partial charge in [-0.1, -0.05) is 24.3 Å². The number of rotatable bonds is 8. The van der Waals surface area contributed by atoms with Crippen LogP contribution in [0, 0.1) is 0 Å². The van der Waals surface area contributed by atoms with E-state index in [1.54, 1.807) is 18.2 Å². The molecule has 2 heterocycles. The van der Waals surface area contributed by atoms with E-state index in [1.807, 2.05) is 0 Å². The Balaban J connectivity index is 1.73. The quantitative estimate of drug-likeness (QED) is 0.150. The van der Waals surface area contributed by atoms with Gasteiger partial charge in [-0.2, -0.15) is 0 Å². The molecule has 10 N–H and O–H groups in total. The maximum absolute atomic E-state index is 10.5. The molecule has 2 aliphatic heterocycles. The second-order valence-corrected chi connectivity index (χ2v) is 9.42. The van der Waals surface area contributed by atoms with Gasteiger partial charge in [0.2, 0.25) is 12.6 Å². The number of phenolic OH excluding ortho intramolecular Hbond substituents is 2. The molecule has 10 atom stereocenters. The van der Waals surface area contributed by atoms with Crippen LogP contribution in [-0.4, -0.2) is 126 Å². The van der Waals surface area contributed by atoms with E-state index >= 15 is 0 Å². The minimum atomic E-state index is -1.81. The van der Waals surface area contributed by atoms with Crippen LogP contribution in [0.5, 0.6) is 23.0 Å². The highest BCUT2D eigenvalue weighted by molar-refractivity contribution is 5.75. The summed E-state index contributed by atoms with van der Waals surface area (Å²) in [4.78, 5) is 0. The van der Waals surface area contributed by atoms with Crippen LogP contribution in [0.3, 0.4) is 0 Å². The van der Waals surface area contributed by atoms with E-state index in [-0.39, 0.29) is 28.6 Å². The van der Waals surface area contributed by atoms with Crippen molar-refractivity contribution in [2.75, 3.05) is 13.2 Å². The minimum absolute atomic E-state index is 0.0383. The van der Waals surface area contributed by atoms with Crippen molar-refractivity contribution in [3.05, 3.63) is 47.5 Å². The van der Waals surface area contributed by atoms with Crippen LogP contribution in [0.2, 0.25) is 0 Å². The van der Waals surface area contributed by atoms with E-state index in [1.165, 1.54) is 24.3 Å². The van der Waals surface area contributed by atoms with Gasteiger partial charge in [0.1, 0.15) is 60.3 Å². The number of ether oxygens (including phenoxy) is 4. The first kappa shape index (κ1) is 30.0. The standard InChI is InChI=1S/C26H32O14/c27-9-16-18(31)20(33)22(35)25(38-16)37-15-8-14(30)7-12(4-1-11-2-5-13(29)6-3-11)24(15)40-26-23(36)21(34)19(32)17(10-28)39-26/h1-8,16-23,25-36H,9-10H2/b4-1+/t16-,17-,18-,19-,20-,21-,22-,23-,25-,26+/m1/s1. The molecule has 2 saturated heterocycles. The van der Waals surface area contributed by atoms with E-state index in [2.05, 4.69) is 0 Å². The third kappa shape index (κ3) is 6.31. The lowest BCUT2D eigenvalue weighted by atomic mass is 9.99. The molecular weight excluding hydrogens is 536 g/mol. The van der Waals surface area contributed by atoms with Gasteiger partial charge in [-0.25, -0.2) is 0 Å². The summed E-state index contributed by atoms with van der Waals surface area (Å²) < 4.78 is 22.4. The van der Waals surface area contributed by atoms with Gasteiger partial charge in [0, 0.05) is 11.6 Å². The summed E-state index contributed by atoms with van der Waals surface area (Å²) >= 11 is 0. The summed E-state index contributed by atoms with van der Waals surface area (Å²) in [5, 5.41) is 100. The fraction of sp³-hybridized carbons (Fsp3) is 0.462. The van der Waals surface area contributed by atoms with Crippen LogP contribution < -0.4 is 9.47 Å². The molecule has 0 spiro atoms. The average Bonchev–Trinajstić information content (AvgIpc) is 2.94. The number of hydrogen-bond acceptors (Lipinski definition) is 14. The Labute approximate surface area is 227 Å². The van der Waals surface area contributed by atoms with E-state index in [9.17, 15) is 51.1 Å². The van der Waals surface area contributed by atoms with Crippen molar-refractivity contribution in [3.63, 3.8) is 0 Å². The van der Waals surface area contributed by atoms with Gasteiger partial charge in [0.25, 0.3) is 0 Å². The zero-order chi connectivity index (χ0) is 29.1. The maximum atomic E-state index is 10.5. The fourth-order valence-electron chi connectivity index (χ4n) is 4.29. The lowest BCUT2D eigenvalue weighted by molar-refractivity contribution is -0.282. The summed E-state index contributed by atoms with van der Waals surface area (Å²) in [7, 11) is 0. The van der Waals surface area contributed by atoms with Crippen LogP contribution in [0.25, 0.3) is 12.2 Å². The summed E-state index contributed by atoms with van der Waals surface area (Å²) in [5.74, 6) is -0.858. The maximum Gasteiger partial charge on any atom is 0.229 e. The molecule has 0 aliphatic carbocycles. The van der Waals surface area contributed by atoms with Crippen LogP contribution in [0.15, 0.2) is 36.4 Å². The van der Waals surface area contributed by atoms with E-state index in [0.717, 1.165) is 6.07 Å². The van der Waals surface area contributed by atoms with Crippen molar-refractivity contribution in [1.29, 1.82) is 0 Å². The van der Waals surface area contributed by atoms with Crippen LogP contribution in [-0.2, 0) is 9.47 Å². The normalized spacial score (nSPS) is 34.6. The predicted octanol–water partition coefficient (Wildman–Crippen LogP) is -2.37. The first-order chi connectivity index (χ1) is 19.0. The van der Waals surface area contributed by atoms with E-state index < -0.39 is 74.6 Å². The second kappa shape index (κ2) is 12.7. The summed E-state index contributed by atoms with van der Waals surface area (Å²) in [5.41, 5.74) is 0.737. The second-order valence-electron chi connectivity index (χ2n) is 9.42. The number of benzene rings is 2. The molecule has 0 aromatic heterocycles. The van der Waals surface area contributed by atoms with Gasteiger partial charge < -0.3 is 70.0 Å². The SMILES string of the molecule is OC[C@H]1O[C@@H](Oc2cc(O)cc(/C=C/c3ccc(O)cc3)c2O[C@@H]2O[C@H](CO)[C@@H](O)[C@@H](O)[C@H]2O)[C@H](O)[C@H](O)[C@@H]1O. The Morgan fingerprint density at radius 3 is 1.68 bits per heavy atom. The Morgan fingerprint density at radius 1 is 0.625 bits per heavy atom. The molecule has 2 aromatic carbocycles. The predicted molar refractivity (Wildman–Crippen MR) is 134 cm³/mol. The minimum Gasteiger partial charge on any atom is -0.508 e. The highest BCUT2D eigenvalue weighted by atomic mass is 16.7. The molecule has 0 radical (unpaired) electrons. The molecule has 2 aliphatic rings. The number of hydrogen-bond donors (Lipinski definition) is 10. The molecule has 0 unspecified atom stereocenters. The van der Waals surface area contributed by atoms with E-state index in [0.29, 0.717) is 5.56 Å². The topological polar surface area (TPSA) is 239 Å². The lowest BCUT2D eigenvalue weighted by Gasteiger charge is -2.41.